The van der Waals surface area contributed by atoms with Crippen molar-refractivity contribution in [2.75, 3.05) is 23.4 Å². The fourth-order valence-electron chi connectivity index (χ4n) is 1.75. The average molecular weight is 213 g/mol. The summed E-state index contributed by atoms with van der Waals surface area (Å²) in [6, 6.07) is 15.6. The fraction of sp³-hybridized carbons (Fsp3) is 0.0769. The lowest BCUT2D eigenvalue weighted by Crippen LogP contribution is -2.13. The van der Waals surface area contributed by atoms with E-state index in [4.69, 9.17) is 11.5 Å². The van der Waals surface area contributed by atoms with Crippen LogP contribution in [-0.2, 0) is 0 Å². The molecule has 0 atom stereocenters. The van der Waals surface area contributed by atoms with Gasteiger partial charge in [0.2, 0.25) is 0 Å². The third-order valence-electron chi connectivity index (χ3n) is 2.58. The van der Waals surface area contributed by atoms with Gasteiger partial charge in [0.1, 0.15) is 0 Å². The maximum absolute atomic E-state index is 5.94. The average Bonchev–Trinajstić information content (AvgIpc) is 2.30. The predicted molar refractivity (Wildman–Crippen MR) is 69.8 cm³/mol. The van der Waals surface area contributed by atoms with Gasteiger partial charge in [0.25, 0.3) is 0 Å². The Morgan fingerprint density at radius 2 is 1.38 bits per heavy atom. The van der Waals surface area contributed by atoms with Crippen LogP contribution < -0.4 is 16.4 Å². The van der Waals surface area contributed by atoms with Gasteiger partial charge in [-0.25, -0.2) is 0 Å². The summed E-state index contributed by atoms with van der Waals surface area (Å²) in [5.41, 5.74) is 15.2. The number of nitrogens with zero attached hydrogens (tertiary/aromatic N) is 1. The van der Waals surface area contributed by atoms with E-state index in [1.165, 1.54) is 0 Å². The molecule has 2 rings (SSSR count). The molecule has 0 aliphatic heterocycles. The van der Waals surface area contributed by atoms with Crippen LogP contribution in [0.2, 0.25) is 0 Å². The standard InChI is InChI=1S/C13H15N3/c1-16(10-6-3-2-4-7-10)13-11(14)8-5-9-12(13)15/h2-9H,14-15H2,1H3. The molecule has 2 aromatic carbocycles. The lowest BCUT2D eigenvalue weighted by molar-refractivity contribution is 1.21. The third-order valence-corrected chi connectivity index (χ3v) is 2.58. The molecule has 0 aliphatic rings. The van der Waals surface area contributed by atoms with E-state index in [0.29, 0.717) is 11.4 Å². The monoisotopic (exact) mass is 213 g/mol. The zero-order chi connectivity index (χ0) is 11.5. The second kappa shape index (κ2) is 4.14. The van der Waals surface area contributed by atoms with Crippen LogP contribution in [0.4, 0.5) is 22.7 Å². The van der Waals surface area contributed by atoms with Crippen molar-refractivity contribution < 1.29 is 0 Å². The third kappa shape index (κ3) is 1.80. The first-order chi connectivity index (χ1) is 7.70. The van der Waals surface area contributed by atoms with E-state index in [-0.39, 0.29) is 0 Å². The summed E-state index contributed by atoms with van der Waals surface area (Å²) < 4.78 is 0. The summed E-state index contributed by atoms with van der Waals surface area (Å²) in [4.78, 5) is 1.99. The van der Waals surface area contributed by atoms with Crippen LogP contribution in [0.25, 0.3) is 0 Å². The van der Waals surface area contributed by atoms with Crippen molar-refractivity contribution >= 4 is 22.7 Å². The van der Waals surface area contributed by atoms with E-state index in [1.54, 1.807) is 0 Å². The number of hydrogen-bond donors (Lipinski definition) is 2. The summed E-state index contributed by atoms with van der Waals surface area (Å²) in [6.07, 6.45) is 0. The van der Waals surface area contributed by atoms with Gasteiger partial charge in [-0.3, -0.25) is 0 Å². The summed E-state index contributed by atoms with van der Waals surface area (Å²) in [7, 11) is 1.96. The maximum atomic E-state index is 5.94. The Morgan fingerprint density at radius 1 is 0.812 bits per heavy atom. The Balaban J connectivity index is 2.46. The quantitative estimate of drug-likeness (QED) is 0.754. The van der Waals surface area contributed by atoms with Crippen LogP contribution in [0, 0.1) is 0 Å². The normalized spacial score (nSPS) is 10.1. The van der Waals surface area contributed by atoms with Gasteiger partial charge in [-0.2, -0.15) is 0 Å². The second-order valence-corrected chi connectivity index (χ2v) is 3.68. The first-order valence-electron chi connectivity index (χ1n) is 5.13. The molecule has 0 aliphatic carbocycles. The minimum absolute atomic E-state index is 0.686. The lowest BCUT2D eigenvalue weighted by Gasteiger charge is -2.22. The van der Waals surface area contributed by atoms with Crippen molar-refractivity contribution in [3.8, 4) is 0 Å². The Morgan fingerprint density at radius 3 is 1.94 bits per heavy atom. The van der Waals surface area contributed by atoms with Gasteiger partial charge in [-0.1, -0.05) is 24.3 Å². The van der Waals surface area contributed by atoms with E-state index in [1.807, 2.05) is 60.5 Å². The number of hydrogen-bond acceptors (Lipinski definition) is 3. The molecule has 0 bridgehead atoms. The molecule has 0 saturated heterocycles. The molecule has 0 radical (unpaired) electrons. The number of rotatable bonds is 2. The van der Waals surface area contributed by atoms with E-state index in [2.05, 4.69) is 0 Å². The molecule has 3 heteroatoms. The molecule has 0 fully saturated rings. The van der Waals surface area contributed by atoms with E-state index in [9.17, 15) is 0 Å². The minimum Gasteiger partial charge on any atom is -0.397 e. The topological polar surface area (TPSA) is 55.3 Å². The van der Waals surface area contributed by atoms with Crippen LogP contribution in [0.5, 0.6) is 0 Å². The summed E-state index contributed by atoms with van der Waals surface area (Å²) in [6.45, 7) is 0. The molecular formula is C13H15N3. The van der Waals surface area contributed by atoms with Crippen molar-refractivity contribution in [3.63, 3.8) is 0 Å². The van der Waals surface area contributed by atoms with Crippen molar-refractivity contribution in [2.24, 2.45) is 0 Å². The maximum Gasteiger partial charge on any atom is 0.0875 e. The number of benzene rings is 2. The highest BCUT2D eigenvalue weighted by Crippen LogP contribution is 2.33. The van der Waals surface area contributed by atoms with E-state index in [0.717, 1.165) is 11.4 Å². The molecule has 0 spiro atoms. The van der Waals surface area contributed by atoms with Gasteiger partial charge in [0.15, 0.2) is 0 Å². The van der Waals surface area contributed by atoms with Crippen molar-refractivity contribution in [1.82, 2.24) is 0 Å². The van der Waals surface area contributed by atoms with Gasteiger partial charge < -0.3 is 16.4 Å². The Kier molecular flexibility index (Phi) is 2.68. The largest absolute Gasteiger partial charge is 0.397 e. The molecule has 0 amide bonds. The molecule has 3 nitrogen and oxygen atoms in total. The van der Waals surface area contributed by atoms with Crippen LogP contribution >= 0.6 is 0 Å². The van der Waals surface area contributed by atoms with Gasteiger partial charge >= 0.3 is 0 Å². The van der Waals surface area contributed by atoms with Gasteiger partial charge in [0.05, 0.1) is 17.1 Å². The fourth-order valence-corrected chi connectivity index (χ4v) is 1.75. The van der Waals surface area contributed by atoms with Crippen LogP contribution in [-0.4, -0.2) is 7.05 Å². The predicted octanol–water partition coefficient (Wildman–Crippen LogP) is 2.62. The number of nitrogens with two attached hydrogens (primary N) is 2. The van der Waals surface area contributed by atoms with Crippen LogP contribution in [0.3, 0.4) is 0 Å². The summed E-state index contributed by atoms with van der Waals surface area (Å²) >= 11 is 0. The molecule has 16 heavy (non-hydrogen) atoms. The molecule has 82 valence electrons. The summed E-state index contributed by atoms with van der Waals surface area (Å²) in [5.74, 6) is 0. The Labute approximate surface area is 95.3 Å². The van der Waals surface area contributed by atoms with Crippen LogP contribution in [0.15, 0.2) is 48.5 Å². The first-order valence-corrected chi connectivity index (χ1v) is 5.13. The number of nitrogen functional groups attached to an aromatic ring is 2. The van der Waals surface area contributed by atoms with E-state index < -0.39 is 0 Å². The second-order valence-electron chi connectivity index (χ2n) is 3.68. The first kappa shape index (κ1) is 10.4. The zero-order valence-electron chi connectivity index (χ0n) is 9.22. The smallest absolute Gasteiger partial charge is 0.0875 e. The molecule has 0 unspecified atom stereocenters. The van der Waals surface area contributed by atoms with Crippen molar-refractivity contribution in [3.05, 3.63) is 48.5 Å². The van der Waals surface area contributed by atoms with Gasteiger partial charge in [0, 0.05) is 12.7 Å². The number of para-hydroxylation sites is 2. The highest BCUT2D eigenvalue weighted by molar-refractivity contribution is 5.84. The SMILES string of the molecule is CN(c1ccccc1)c1c(N)cccc1N. The number of anilines is 4. The highest BCUT2D eigenvalue weighted by atomic mass is 15.1. The molecule has 0 saturated carbocycles. The minimum atomic E-state index is 0.686. The van der Waals surface area contributed by atoms with Gasteiger partial charge in [-0.05, 0) is 24.3 Å². The lowest BCUT2D eigenvalue weighted by atomic mass is 10.2. The van der Waals surface area contributed by atoms with Crippen molar-refractivity contribution in [1.29, 1.82) is 0 Å². The zero-order valence-corrected chi connectivity index (χ0v) is 9.22. The molecule has 0 heterocycles. The molecule has 4 N–H and O–H groups in total. The Hall–Kier alpha value is -2.16. The van der Waals surface area contributed by atoms with Gasteiger partial charge in [-0.15, -0.1) is 0 Å². The molecule has 0 aromatic heterocycles. The van der Waals surface area contributed by atoms with E-state index >= 15 is 0 Å². The molecule has 2 aromatic rings. The molecular weight excluding hydrogens is 198 g/mol. The Bertz CT molecular complexity index is 460. The van der Waals surface area contributed by atoms with Crippen LogP contribution in [0.1, 0.15) is 0 Å². The highest BCUT2D eigenvalue weighted by Gasteiger charge is 2.09. The summed E-state index contributed by atoms with van der Waals surface area (Å²) in [5, 5.41) is 0. The van der Waals surface area contributed by atoms with Crippen molar-refractivity contribution in [2.45, 2.75) is 0 Å².